The number of anilines is 1. The molecule has 1 aliphatic rings. The van der Waals surface area contributed by atoms with Crippen LogP contribution in [0.15, 0.2) is 6.07 Å². The Kier molecular flexibility index (Phi) is 5.43. The summed E-state index contributed by atoms with van der Waals surface area (Å²) in [6.07, 6.45) is 6.99. The van der Waals surface area contributed by atoms with Crippen molar-refractivity contribution >= 4 is 5.82 Å². The van der Waals surface area contributed by atoms with E-state index in [1.54, 1.807) is 0 Å². The summed E-state index contributed by atoms with van der Waals surface area (Å²) >= 11 is 0. The predicted molar refractivity (Wildman–Crippen MR) is 77.8 cm³/mol. The number of rotatable bonds is 9. The van der Waals surface area contributed by atoms with E-state index in [0.29, 0.717) is 5.92 Å². The number of hydrogen-bond acceptors (Lipinski definition) is 4. The molecule has 1 saturated carbocycles. The SMILES string of the molecule is CCCCNc1cc(OCCCC)nc(C2CC2)n1. The Balaban J connectivity index is 1.99. The van der Waals surface area contributed by atoms with Gasteiger partial charge in [0.25, 0.3) is 0 Å². The maximum atomic E-state index is 5.72. The van der Waals surface area contributed by atoms with Crippen LogP contribution < -0.4 is 10.1 Å². The summed E-state index contributed by atoms with van der Waals surface area (Å²) in [4.78, 5) is 9.12. The summed E-state index contributed by atoms with van der Waals surface area (Å²) < 4.78 is 5.72. The van der Waals surface area contributed by atoms with Crippen molar-refractivity contribution in [2.24, 2.45) is 0 Å². The molecular formula is C15H25N3O. The van der Waals surface area contributed by atoms with Gasteiger partial charge in [0.15, 0.2) is 0 Å². The summed E-state index contributed by atoms with van der Waals surface area (Å²) in [5, 5.41) is 3.37. The third kappa shape index (κ3) is 4.69. The van der Waals surface area contributed by atoms with Gasteiger partial charge in [0, 0.05) is 18.5 Å². The van der Waals surface area contributed by atoms with Gasteiger partial charge in [-0.25, -0.2) is 4.98 Å². The molecule has 0 atom stereocenters. The van der Waals surface area contributed by atoms with Crippen LogP contribution in [0.1, 0.15) is 64.1 Å². The lowest BCUT2D eigenvalue weighted by Crippen LogP contribution is -2.07. The van der Waals surface area contributed by atoms with Crippen molar-refractivity contribution in [1.29, 1.82) is 0 Å². The van der Waals surface area contributed by atoms with Crippen LogP contribution in [-0.2, 0) is 0 Å². The minimum absolute atomic E-state index is 0.557. The van der Waals surface area contributed by atoms with E-state index < -0.39 is 0 Å². The lowest BCUT2D eigenvalue weighted by molar-refractivity contribution is 0.296. The van der Waals surface area contributed by atoms with Gasteiger partial charge < -0.3 is 10.1 Å². The van der Waals surface area contributed by atoms with Crippen LogP contribution in [-0.4, -0.2) is 23.1 Å². The second-order valence-electron chi connectivity index (χ2n) is 5.21. The molecule has 106 valence electrons. The molecule has 2 rings (SSSR count). The molecule has 0 unspecified atom stereocenters. The van der Waals surface area contributed by atoms with Crippen LogP contribution in [0.4, 0.5) is 5.82 Å². The maximum absolute atomic E-state index is 5.72. The molecule has 1 heterocycles. The van der Waals surface area contributed by atoms with Crippen LogP contribution in [0.2, 0.25) is 0 Å². The summed E-state index contributed by atoms with van der Waals surface area (Å²) in [7, 11) is 0. The number of aromatic nitrogens is 2. The van der Waals surface area contributed by atoms with E-state index in [1.807, 2.05) is 6.07 Å². The third-order valence-electron chi connectivity index (χ3n) is 3.25. The average molecular weight is 263 g/mol. The molecule has 1 aromatic heterocycles. The zero-order valence-corrected chi connectivity index (χ0v) is 12.1. The Morgan fingerprint density at radius 3 is 2.68 bits per heavy atom. The smallest absolute Gasteiger partial charge is 0.218 e. The van der Waals surface area contributed by atoms with Crippen molar-refractivity contribution in [3.8, 4) is 5.88 Å². The highest BCUT2D eigenvalue weighted by Gasteiger charge is 2.27. The monoisotopic (exact) mass is 263 g/mol. The van der Waals surface area contributed by atoms with Gasteiger partial charge in [-0.3, -0.25) is 0 Å². The van der Waals surface area contributed by atoms with Crippen LogP contribution in [0, 0.1) is 0 Å². The molecule has 0 bridgehead atoms. The Morgan fingerprint density at radius 1 is 1.21 bits per heavy atom. The van der Waals surface area contributed by atoms with Crippen LogP contribution in [0.5, 0.6) is 5.88 Å². The van der Waals surface area contributed by atoms with Crippen LogP contribution in [0.25, 0.3) is 0 Å². The summed E-state index contributed by atoms with van der Waals surface area (Å²) in [5.41, 5.74) is 0. The first-order chi connectivity index (χ1) is 9.33. The third-order valence-corrected chi connectivity index (χ3v) is 3.25. The first-order valence-electron chi connectivity index (χ1n) is 7.59. The van der Waals surface area contributed by atoms with E-state index in [1.165, 1.54) is 19.3 Å². The fourth-order valence-corrected chi connectivity index (χ4v) is 1.85. The molecule has 0 amide bonds. The molecule has 4 nitrogen and oxygen atoms in total. The largest absolute Gasteiger partial charge is 0.478 e. The molecule has 0 saturated heterocycles. The molecule has 0 radical (unpaired) electrons. The van der Waals surface area contributed by atoms with E-state index in [9.17, 15) is 0 Å². The van der Waals surface area contributed by atoms with Gasteiger partial charge in [-0.05, 0) is 25.7 Å². The summed E-state index contributed by atoms with van der Waals surface area (Å²) in [6, 6.07) is 1.93. The molecule has 0 aromatic carbocycles. The van der Waals surface area contributed by atoms with Crippen LogP contribution >= 0.6 is 0 Å². The molecule has 1 aliphatic carbocycles. The molecule has 1 N–H and O–H groups in total. The molecule has 19 heavy (non-hydrogen) atoms. The van der Waals surface area contributed by atoms with Gasteiger partial charge >= 0.3 is 0 Å². The van der Waals surface area contributed by atoms with Crippen molar-refractivity contribution in [1.82, 2.24) is 9.97 Å². The molecule has 1 fully saturated rings. The first-order valence-corrected chi connectivity index (χ1v) is 7.59. The highest BCUT2D eigenvalue weighted by atomic mass is 16.5. The van der Waals surface area contributed by atoms with Crippen LogP contribution in [0.3, 0.4) is 0 Å². The molecular weight excluding hydrogens is 238 g/mol. The topological polar surface area (TPSA) is 47.0 Å². The molecule has 4 heteroatoms. The highest BCUT2D eigenvalue weighted by molar-refractivity contribution is 5.39. The number of nitrogens with zero attached hydrogens (tertiary/aromatic N) is 2. The fourth-order valence-electron chi connectivity index (χ4n) is 1.85. The lowest BCUT2D eigenvalue weighted by atomic mass is 10.3. The van der Waals surface area contributed by atoms with Crippen molar-refractivity contribution < 1.29 is 4.74 Å². The van der Waals surface area contributed by atoms with Crippen molar-refractivity contribution in [3.05, 3.63) is 11.9 Å². The Bertz CT molecular complexity index is 363. The van der Waals surface area contributed by atoms with E-state index in [-0.39, 0.29) is 0 Å². The van der Waals surface area contributed by atoms with Gasteiger partial charge in [0.2, 0.25) is 5.88 Å². The number of unbranched alkanes of at least 4 members (excludes halogenated alkanes) is 2. The van der Waals surface area contributed by atoms with E-state index in [4.69, 9.17) is 4.74 Å². The molecule has 0 spiro atoms. The van der Waals surface area contributed by atoms with Gasteiger partial charge in [-0.15, -0.1) is 0 Å². The van der Waals surface area contributed by atoms with E-state index in [0.717, 1.165) is 49.9 Å². The number of ether oxygens (including phenoxy) is 1. The second kappa shape index (κ2) is 7.31. The van der Waals surface area contributed by atoms with Gasteiger partial charge in [0.05, 0.1) is 6.61 Å². The Morgan fingerprint density at radius 2 is 2.00 bits per heavy atom. The van der Waals surface area contributed by atoms with Gasteiger partial charge in [0.1, 0.15) is 11.6 Å². The van der Waals surface area contributed by atoms with E-state index in [2.05, 4.69) is 29.1 Å². The number of nitrogens with one attached hydrogen (secondary N) is 1. The number of hydrogen-bond donors (Lipinski definition) is 1. The standard InChI is InChI=1S/C15H25N3O/c1-3-5-9-16-13-11-14(19-10-6-4-2)18-15(17-13)12-7-8-12/h11-12H,3-10H2,1-2H3,(H,16,17,18). The lowest BCUT2D eigenvalue weighted by Gasteiger charge is -2.10. The van der Waals surface area contributed by atoms with Crippen molar-refractivity contribution in [3.63, 3.8) is 0 Å². The zero-order chi connectivity index (χ0) is 13.5. The molecule has 0 aliphatic heterocycles. The predicted octanol–water partition coefficient (Wildman–Crippen LogP) is 3.74. The minimum Gasteiger partial charge on any atom is -0.478 e. The summed E-state index contributed by atoms with van der Waals surface area (Å²) in [5.74, 6) is 3.15. The van der Waals surface area contributed by atoms with Crippen molar-refractivity contribution in [2.45, 2.75) is 58.3 Å². The van der Waals surface area contributed by atoms with Gasteiger partial charge in [-0.2, -0.15) is 4.98 Å². The second-order valence-corrected chi connectivity index (χ2v) is 5.21. The Labute approximate surface area is 116 Å². The molecule has 1 aromatic rings. The minimum atomic E-state index is 0.557. The average Bonchev–Trinajstić information content (AvgIpc) is 3.24. The fraction of sp³-hybridized carbons (Fsp3) is 0.733. The van der Waals surface area contributed by atoms with E-state index >= 15 is 0 Å². The van der Waals surface area contributed by atoms with Crippen molar-refractivity contribution in [2.75, 3.05) is 18.5 Å². The highest BCUT2D eigenvalue weighted by Crippen LogP contribution is 2.39. The Hall–Kier alpha value is -1.32. The first kappa shape index (κ1) is 14.1. The normalized spacial score (nSPS) is 14.4. The zero-order valence-electron chi connectivity index (χ0n) is 12.1. The van der Waals surface area contributed by atoms with Gasteiger partial charge in [-0.1, -0.05) is 26.7 Å². The maximum Gasteiger partial charge on any atom is 0.218 e. The summed E-state index contributed by atoms with van der Waals surface area (Å²) in [6.45, 7) is 6.06. The quantitative estimate of drug-likeness (QED) is 0.689.